The van der Waals surface area contributed by atoms with Crippen molar-refractivity contribution in [1.29, 1.82) is 0 Å². The first kappa shape index (κ1) is 14.2. The topological polar surface area (TPSA) is 18.8 Å². The smallest absolute Gasteiger partial charge is 0.150 e. The second-order valence-corrected chi connectivity index (χ2v) is 5.63. The Morgan fingerprint density at radius 2 is 1.56 bits per heavy atom. The molecular formula is C13H19ClIN3. The standard InChI is InChI=1S/C13H19ClIN3/c1-11(17-6-2-3-7-17)12(14)13(16-10-15)18-8-4-5-9-18/h10H,1-9H2/b13-12-,16-10-. The summed E-state index contributed by atoms with van der Waals surface area (Å²) in [7, 11) is 0. The summed E-state index contributed by atoms with van der Waals surface area (Å²) in [5.74, 6) is 0.889. The van der Waals surface area contributed by atoms with Gasteiger partial charge in [-0.25, -0.2) is 4.99 Å². The number of hydrogen-bond donors (Lipinski definition) is 0. The van der Waals surface area contributed by atoms with Gasteiger partial charge in [0.25, 0.3) is 0 Å². The zero-order valence-electron chi connectivity index (χ0n) is 10.5. The molecule has 0 N–H and O–H groups in total. The molecule has 2 rings (SSSR count). The molecule has 0 atom stereocenters. The third-order valence-corrected chi connectivity index (χ3v) is 4.18. The number of hydrogen-bond acceptors (Lipinski definition) is 3. The molecule has 2 heterocycles. The molecule has 0 aromatic rings. The van der Waals surface area contributed by atoms with Crippen molar-refractivity contribution < 1.29 is 0 Å². The van der Waals surface area contributed by atoms with E-state index >= 15 is 0 Å². The SMILES string of the molecule is C=C(/C(Cl)=C(\N=C/I)N1CCCC1)N1CCCC1. The van der Waals surface area contributed by atoms with Crippen molar-refractivity contribution in [2.24, 2.45) is 4.99 Å². The molecule has 2 aliphatic rings. The lowest BCUT2D eigenvalue weighted by Crippen LogP contribution is -2.23. The maximum Gasteiger partial charge on any atom is 0.150 e. The molecule has 5 heteroatoms. The number of nitrogens with zero attached hydrogens (tertiary/aromatic N) is 3. The van der Waals surface area contributed by atoms with Gasteiger partial charge in [0.15, 0.2) is 0 Å². The molecule has 0 bridgehead atoms. The highest BCUT2D eigenvalue weighted by Crippen LogP contribution is 2.29. The largest absolute Gasteiger partial charge is 0.371 e. The molecule has 0 aromatic carbocycles. The van der Waals surface area contributed by atoms with Gasteiger partial charge in [0, 0.05) is 26.2 Å². The molecule has 2 saturated heterocycles. The molecule has 100 valence electrons. The average Bonchev–Trinajstić information content (AvgIpc) is 3.05. The maximum absolute atomic E-state index is 6.52. The molecule has 0 spiro atoms. The Morgan fingerprint density at radius 3 is 2.06 bits per heavy atom. The fourth-order valence-corrected chi connectivity index (χ4v) is 3.06. The van der Waals surface area contributed by atoms with Gasteiger partial charge >= 0.3 is 0 Å². The van der Waals surface area contributed by atoms with Gasteiger partial charge in [-0.05, 0) is 48.3 Å². The molecule has 2 fully saturated rings. The normalized spacial score (nSPS) is 21.9. The van der Waals surface area contributed by atoms with Crippen LogP contribution >= 0.6 is 34.2 Å². The summed E-state index contributed by atoms with van der Waals surface area (Å²) in [6.07, 6.45) is 4.91. The van der Waals surface area contributed by atoms with Crippen LogP contribution in [0.3, 0.4) is 0 Å². The molecule has 3 nitrogen and oxygen atoms in total. The van der Waals surface area contributed by atoms with Gasteiger partial charge in [-0.15, -0.1) is 0 Å². The molecule has 2 aliphatic heterocycles. The number of likely N-dealkylation sites (tertiary alicyclic amines) is 2. The highest BCUT2D eigenvalue weighted by Gasteiger charge is 2.22. The molecule has 0 amide bonds. The Bertz CT molecular complexity index is 366. The van der Waals surface area contributed by atoms with Crippen molar-refractivity contribution >= 4 is 38.4 Å². The Morgan fingerprint density at radius 1 is 1.06 bits per heavy atom. The first-order chi connectivity index (χ1) is 8.74. The van der Waals surface area contributed by atoms with Gasteiger partial charge < -0.3 is 9.80 Å². The lowest BCUT2D eigenvalue weighted by molar-refractivity contribution is 0.407. The van der Waals surface area contributed by atoms with Gasteiger partial charge in [0.05, 0.1) is 9.92 Å². The quantitative estimate of drug-likeness (QED) is 0.422. The van der Waals surface area contributed by atoms with E-state index in [-0.39, 0.29) is 0 Å². The van der Waals surface area contributed by atoms with E-state index in [0.29, 0.717) is 5.03 Å². The number of allylic oxidation sites excluding steroid dienone is 1. The first-order valence-electron chi connectivity index (χ1n) is 6.45. The minimum atomic E-state index is 0.715. The predicted molar refractivity (Wildman–Crippen MR) is 86.1 cm³/mol. The maximum atomic E-state index is 6.52. The van der Waals surface area contributed by atoms with Gasteiger partial charge in [-0.1, -0.05) is 18.2 Å². The van der Waals surface area contributed by atoms with Crippen LogP contribution in [-0.4, -0.2) is 40.2 Å². The second kappa shape index (κ2) is 6.80. The Balaban J connectivity index is 2.19. The molecule has 0 radical (unpaired) electrons. The zero-order valence-corrected chi connectivity index (χ0v) is 13.5. The summed E-state index contributed by atoms with van der Waals surface area (Å²) in [4.78, 5) is 8.97. The summed E-state index contributed by atoms with van der Waals surface area (Å²) in [5, 5.41) is 0.715. The summed E-state index contributed by atoms with van der Waals surface area (Å²) in [6.45, 7) is 8.37. The van der Waals surface area contributed by atoms with Crippen LogP contribution in [0.5, 0.6) is 0 Å². The number of halogens is 2. The molecule has 0 saturated carbocycles. The van der Waals surface area contributed by atoms with Gasteiger partial charge in [0.1, 0.15) is 10.9 Å². The molecule has 18 heavy (non-hydrogen) atoms. The summed E-state index contributed by atoms with van der Waals surface area (Å²) >= 11 is 8.66. The highest BCUT2D eigenvalue weighted by molar-refractivity contribution is 14.1. The third-order valence-electron chi connectivity index (χ3n) is 3.51. The molecule has 0 aliphatic carbocycles. The fraction of sp³-hybridized carbons (Fsp3) is 0.615. The van der Waals surface area contributed by atoms with Crippen LogP contribution in [0.2, 0.25) is 0 Å². The van der Waals surface area contributed by atoms with E-state index in [1.165, 1.54) is 25.7 Å². The van der Waals surface area contributed by atoms with Crippen molar-refractivity contribution in [2.45, 2.75) is 25.7 Å². The van der Waals surface area contributed by atoms with Crippen LogP contribution in [0.4, 0.5) is 0 Å². The van der Waals surface area contributed by atoms with E-state index in [1.54, 1.807) is 4.22 Å². The van der Waals surface area contributed by atoms with Crippen LogP contribution in [-0.2, 0) is 0 Å². The van der Waals surface area contributed by atoms with E-state index in [0.717, 1.165) is 37.7 Å². The number of aliphatic imine (C=N–C) groups is 1. The summed E-state index contributed by atoms with van der Waals surface area (Å²) < 4.78 is 1.78. The van der Waals surface area contributed by atoms with Crippen LogP contribution in [0.1, 0.15) is 25.7 Å². The lowest BCUT2D eigenvalue weighted by Gasteiger charge is -2.24. The molecule has 0 aromatic heterocycles. The van der Waals surface area contributed by atoms with Crippen LogP contribution in [0.15, 0.2) is 28.1 Å². The van der Waals surface area contributed by atoms with Gasteiger partial charge in [-0.3, -0.25) is 0 Å². The van der Waals surface area contributed by atoms with Crippen molar-refractivity contribution in [2.75, 3.05) is 26.2 Å². The monoisotopic (exact) mass is 379 g/mol. The average molecular weight is 380 g/mol. The van der Waals surface area contributed by atoms with Crippen LogP contribution in [0, 0.1) is 0 Å². The van der Waals surface area contributed by atoms with Crippen LogP contribution < -0.4 is 0 Å². The molecular weight excluding hydrogens is 361 g/mol. The van der Waals surface area contributed by atoms with Crippen molar-refractivity contribution in [1.82, 2.24) is 9.80 Å². The molecule has 0 unspecified atom stereocenters. The lowest BCUT2D eigenvalue weighted by atomic mass is 10.3. The Kier molecular flexibility index (Phi) is 5.36. The van der Waals surface area contributed by atoms with E-state index in [1.807, 2.05) is 0 Å². The Hall–Kier alpha value is -0.230. The van der Waals surface area contributed by atoms with Crippen molar-refractivity contribution in [3.05, 3.63) is 23.1 Å². The minimum Gasteiger partial charge on any atom is -0.371 e. The van der Waals surface area contributed by atoms with Crippen LogP contribution in [0.25, 0.3) is 0 Å². The third kappa shape index (κ3) is 3.20. The minimum absolute atomic E-state index is 0.715. The van der Waals surface area contributed by atoms with Gasteiger partial charge in [-0.2, -0.15) is 0 Å². The van der Waals surface area contributed by atoms with E-state index in [9.17, 15) is 0 Å². The fourth-order valence-electron chi connectivity index (χ4n) is 2.51. The van der Waals surface area contributed by atoms with Crippen molar-refractivity contribution in [3.63, 3.8) is 0 Å². The van der Waals surface area contributed by atoms with E-state index in [4.69, 9.17) is 11.6 Å². The highest BCUT2D eigenvalue weighted by atomic mass is 127. The van der Waals surface area contributed by atoms with E-state index in [2.05, 4.69) is 44.0 Å². The van der Waals surface area contributed by atoms with E-state index < -0.39 is 0 Å². The second-order valence-electron chi connectivity index (χ2n) is 4.70. The van der Waals surface area contributed by atoms with Gasteiger partial charge in [0.2, 0.25) is 0 Å². The number of rotatable bonds is 4. The first-order valence-corrected chi connectivity index (χ1v) is 8.08. The Labute approximate surface area is 128 Å². The summed E-state index contributed by atoms with van der Waals surface area (Å²) in [5.41, 5.74) is 0.929. The zero-order chi connectivity index (χ0) is 13.0. The van der Waals surface area contributed by atoms with Crippen molar-refractivity contribution in [3.8, 4) is 0 Å². The summed E-state index contributed by atoms with van der Waals surface area (Å²) in [6, 6.07) is 0. The predicted octanol–water partition coefficient (Wildman–Crippen LogP) is 3.56.